The molecule has 0 spiro atoms. The van der Waals surface area contributed by atoms with Crippen LogP contribution >= 0.6 is 0 Å². The summed E-state index contributed by atoms with van der Waals surface area (Å²) >= 11 is 0. The Balaban J connectivity index is 1.63. The minimum absolute atomic E-state index is 0.0128. The van der Waals surface area contributed by atoms with E-state index in [4.69, 9.17) is 4.74 Å². The zero-order valence-electron chi connectivity index (χ0n) is 20.6. The van der Waals surface area contributed by atoms with Gasteiger partial charge in [0.2, 0.25) is 0 Å². The Kier molecular flexibility index (Phi) is 19.9. The summed E-state index contributed by atoms with van der Waals surface area (Å²) in [6.07, 6.45) is 34.4. The van der Waals surface area contributed by atoms with Crippen LogP contribution in [0.25, 0.3) is 0 Å². The second-order valence-electron chi connectivity index (χ2n) is 9.86. The van der Waals surface area contributed by atoms with Gasteiger partial charge in [-0.3, -0.25) is 4.79 Å². The number of ether oxygens (including phenoxy) is 1. The van der Waals surface area contributed by atoms with Gasteiger partial charge in [0.15, 0.2) is 0 Å². The Hall–Kier alpha value is -0.530. The van der Waals surface area contributed by atoms with Crippen molar-refractivity contribution in [3.63, 3.8) is 0 Å². The van der Waals surface area contributed by atoms with E-state index in [0.717, 1.165) is 12.8 Å². The number of carbonyl (C=O) groups is 1. The van der Waals surface area contributed by atoms with Crippen molar-refractivity contribution in [2.45, 2.75) is 174 Å². The first kappa shape index (κ1) is 27.5. The zero-order chi connectivity index (χ0) is 21.5. The van der Waals surface area contributed by atoms with Crippen LogP contribution in [0, 0.1) is 0 Å². The van der Waals surface area contributed by atoms with Crippen molar-refractivity contribution in [3.8, 4) is 0 Å². The van der Waals surface area contributed by atoms with Crippen molar-refractivity contribution in [2.75, 3.05) is 0 Å². The molecular weight excluding hydrogens is 368 g/mol. The standard InChI is InChI=1S/C28H54O2/c1-2-3-4-5-6-7-8-9-10-11-12-13-14-15-16-17-18-19-20-21-22-23-24-27-25-26-28(29)30-27/h27H,2-26H2,1H3. The minimum Gasteiger partial charge on any atom is -0.462 e. The topological polar surface area (TPSA) is 26.3 Å². The van der Waals surface area contributed by atoms with Gasteiger partial charge in [-0.05, 0) is 19.3 Å². The first-order valence-electron chi connectivity index (χ1n) is 14.0. The summed E-state index contributed by atoms with van der Waals surface area (Å²) in [5.74, 6) is 0.0128. The zero-order valence-corrected chi connectivity index (χ0v) is 20.6. The van der Waals surface area contributed by atoms with Crippen LogP contribution in [-0.2, 0) is 9.53 Å². The molecule has 0 saturated carbocycles. The Labute approximate surface area is 189 Å². The molecule has 2 nitrogen and oxygen atoms in total. The first-order valence-corrected chi connectivity index (χ1v) is 14.0. The largest absolute Gasteiger partial charge is 0.462 e. The van der Waals surface area contributed by atoms with E-state index >= 15 is 0 Å². The van der Waals surface area contributed by atoms with Crippen LogP contribution in [0.3, 0.4) is 0 Å². The van der Waals surface area contributed by atoms with Crippen LogP contribution in [0.2, 0.25) is 0 Å². The van der Waals surface area contributed by atoms with Crippen LogP contribution in [0.4, 0.5) is 0 Å². The van der Waals surface area contributed by atoms with Gasteiger partial charge in [0, 0.05) is 6.42 Å². The Bertz CT molecular complexity index is 366. The summed E-state index contributed by atoms with van der Waals surface area (Å²) in [7, 11) is 0. The van der Waals surface area contributed by atoms with Gasteiger partial charge in [0.05, 0.1) is 0 Å². The van der Waals surface area contributed by atoms with Crippen LogP contribution < -0.4 is 0 Å². The van der Waals surface area contributed by atoms with E-state index in [1.807, 2.05) is 0 Å². The van der Waals surface area contributed by atoms with Crippen molar-refractivity contribution in [1.82, 2.24) is 0 Å². The molecule has 1 atom stereocenters. The predicted molar refractivity (Wildman–Crippen MR) is 131 cm³/mol. The summed E-state index contributed by atoms with van der Waals surface area (Å²) in [5.41, 5.74) is 0. The molecule has 1 unspecified atom stereocenters. The molecule has 2 heteroatoms. The molecule has 0 amide bonds. The molecule has 30 heavy (non-hydrogen) atoms. The average Bonchev–Trinajstić information content (AvgIpc) is 3.16. The predicted octanol–water partition coefficient (Wildman–Crippen LogP) is 9.68. The quantitative estimate of drug-likeness (QED) is 0.121. The van der Waals surface area contributed by atoms with Gasteiger partial charge in [0.25, 0.3) is 0 Å². The third-order valence-electron chi connectivity index (χ3n) is 6.85. The number of carbonyl (C=O) groups excluding carboxylic acids is 1. The van der Waals surface area contributed by atoms with Gasteiger partial charge in [-0.1, -0.05) is 142 Å². The third kappa shape index (κ3) is 18.3. The van der Waals surface area contributed by atoms with Crippen molar-refractivity contribution in [3.05, 3.63) is 0 Å². The number of hydrogen-bond donors (Lipinski definition) is 0. The highest BCUT2D eigenvalue weighted by atomic mass is 16.5. The monoisotopic (exact) mass is 422 g/mol. The summed E-state index contributed by atoms with van der Waals surface area (Å²) in [4.78, 5) is 11.1. The highest BCUT2D eigenvalue weighted by Gasteiger charge is 2.22. The van der Waals surface area contributed by atoms with Crippen LogP contribution in [-0.4, -0.2) is 12.1 Å². The number of esters is 1. The van der Waals surface area contributed by atoms with Crippen LogP contribution in [0.5, 0.6) is 0 Å². The van der Waals surface area contributed by atoms with Gasteiger partial charge in [-0.15, -0.1) is 0 Å². The highest BCUT2D eigenvalue weighted by molar-refractivity contribution is 5.71. The lowest BCUT2D eigenvalue weighted by Crippen LogP contribution is -2.06. The van der Waals surface area contributed by atoms with Gasteiger partial charge in [-0.25, -0.2) is 0 Å². The van der Waals surface area contributed by atoms with Crippen molar-refractivity contribution in [2.24, 2.45) is 0 Å². The maximum atomic E-state index is 11.1. The maximum Gasteiger partial charge on any atom is 0.306 e. The molecule has 0 aromatic carbocycles. The molecule has 0 radical (unpaired) electrons. The second-order valence-corrected chi connectivity index (χ2v) is 9.86. The van der Waals surface area contributed by atoms with E-state index in [2.05, 4.69) is 6.92 Å². The summed E-state index contributed by atoms with van der Waals surface area (Å²) in [6, 6.07) is 0. The number of rotatable bonds is 23. The smallest absolute Gasteiger partial charge is 0.306 e. The first-order chi connectivity index (χ1) is 14.8. The van der Waals surface area contributed by atoms with E-state index in [0.29, 0.717) is 6.42 Å². The van der Waals surface area contributed by atoms with E-state index in [1.54, 1.807) is 0 Å². The fourth-order valence-electron chi connectivity index (χ4n) is 4.77. The molecule has 0 N–H and O–H groups in total. The fourth-order valence-corrected chi connectivity index (χ4v) is 4.77. The van der Waals surface area contributed by atoms with Gasteiger partial charge in [0.1, 0.15) is 6.10 Å². The molecule has 0 bridgehead atoms. The molecule has 1 aliphatic heterocycles. The normalized spacial score (nSPS) is 16.3. The third-order valence-corrected chi connectivity index (χ3v) is 6.85. The van der Waals surface area contributed by atoms with Crippen LogP contribution in [0.1, 0.15) is 167 Å². The molecule has 1 saturated heterocycles. The van der Waals surface area contributed by atoms with Gasteiger partial charge in [-0.2, -0.15) is 0 Å². The highest BCUT2D eigenvalue weighted by Crippen LogP contribution is 2.20. The second kappa shape index (κ2) is 21.7. The Morgan fingerprint density at radius 3 is 1.20 bits per heavy atom. The van der Waals surface area contributed by atoms with E-state index < -0.39 is 0 Å². The van der Waals surface area contributed by atoms with Crippen molar-refractivity contribution in [1.29, 1.82) is 0 Å². The fraction of sp³-hybridized carbons (Fsp3) is 0.964. The lowest BCUT2D eigenvalue weighted by atomic mass is 10.0. The number of hydrogen-bond acceptors (Lipinski definition) is 2. The SMILES string of the molecule is CCCCCCCCCCCCCCCCCCCCCCCCC1CCC(=O)O1. The molecule has 1 heterocycles. The summed E-state index contributed by atoms with van der Waals surface area (Å²) < 4.78 is 5.27. The number of cyclic esters (lactones) is 1. The Morgan fingerprint density at radius 1 is 0.567 bits per heavy atom. The molecular formula is C28H54O2. The summed E-state index contributed by atoms with van der Waals surface area (Å²) in [6.45, 7) is 2.30. The van der Waals surface area contributed by atoms with Crippen LogP contribution in [0.15, 0.2) is 0 Å². The molecule has 1 rings (SSSR count). The summed E-state index contributed by atoms with van der Waals surface area (Å²) in [5, 5.41) is 0. The molecule has 178 valence electrons. The lowest BCUT2D eigenvalue weighted by Gasteiger charge is -2.08. The average molecular weight is 423 g/mol. The van der Waals surface area contributed by atoms with E-state index in [9.17, 15) is 4.79 Å². The van der Waals surface area contributed by atoms with E-state index in [-0.39, 0.29) is 12.1 Å². The molecule has 1 fully saturated rings. The van der Waals surface area contributed by atoms with Crippen molar-refractivity contribution >= 4 is 5.97 Å². The Morgan fingerprint density at radius 2 is 0.900 bits per heavy atom. The van der Waals surface area contributed by atoms with Gasteiger partial charge < -0.3 is 4.74 Å². The van der Waals surface area contributed by atoms with Gasteiger partial charge >= 0.3 is 5.97 Å². The maximum absolute atomic E-state index is 11.1. The molecule has 1 aliphatic rings. The molecule has 0 aromatic rings. The molecule has 0 aromatic heterocycles. The van der Waals surface area contributed by atoms with Crippen molar-refractivity contribution < 1.29 is 9.53 Å². The number of unbranched alkanes of at least 4 members (excludes halogenated alkanes) is 21. The minimum atomic E-state index is 0.0128. The van der Waals surface area contributed by atoms with E-state index in [1.165, 1.54) is 141 Å². The lowest BCUT2D eigenvalue weighted by molar-refractivity contribution is -0.141. The molecule has 0 aliphatic carbocycles.